The van der Waals surface area contributed by atoms with Gasteiger partial charge in [0.05, 0.1) is 13.1 Å². The van der Waals surface area contributed by atoms with Crippen molar-refractivity contribution in [2.45, 2.75) is 20.0 Å². The lowest BCUT2D eigenvalue weighted by molar-refractivity contribution is 0.462. The van der Waals surface area contributed by atoms with Crippen molar-refractivity contribution in [1.82, 2.24) is 14.8 Å². The van der Waals surface area contributed by atoms with Gasteiger partial charge in [0.25, 0.3) is 0 Å². The molecule has 5 heteroatoms. The molecule has 0 radical (unpaired) electrons. The SMILES string of the molecule is CCNC(=NCc1cccc(N2CC=CC2)c1)N(C)Cc1cccn1C. The maximum Gasteiger partial charge on any atom is 0.194 e. The molecule has 138 valence electrons. The summed E-state index contributed by atoms with van der Waals surface area (Å²) in [6.07, 6.45) is 6.51. The Bertz CT molecular complexity index is 766. The van der Waals surface area contributed by atoms with Crippen LogP contribution >= 0.6 is 0 Å². The first-order valence-corrected chi connectivity index (χ1v) is 9.26. The van der Waals surface area contributed by atoms with Gasteiger partial charge < -0.3 is 19.7 Å². The fourth-order valence-corrected chi connectivity index (χ4v) is 3.15. The average Bonchev–Trinajstić information content (AvgIpc) is 3.31. The highest BCUT2D eigenvalue weighted by Crippen LogP contribution is 2.19. The van der Waals surface area contributed by atoms with Crippen LogP contribution in [-0.4, -0.2) is 42.1 Å². The fourth-order valence-electron chi connectivity index (χ4n) is 3.15. The van der Waals surface area contributed by atoms with E-state index in [2.05, 4.69) is 95.4 Å². The van der Waals surface area contributed by atoms with E-state index in [0.29, 0.717) is 6.54 Å². The second-order valence-electron chi connectivity index (χ2n) is 6.68. The lowest BCUT2D eigenvalue weighted by Crippen LogP contribution is -2.38. The first-order valence-electron chi connectivity index (χ1n) is 9.26. The Morgan fingerprint density at radius 1 is 1.19 bits per heavy atom. The van der Waals surface area contributed by atoms with Crippen LogP contribution in [0, 0.1) is 0 Å². The number of rotatable bonds is 6. The third kappa shape index (κ3) is 4.48. The molecule has 26 heavy (non-hydrogen) atoms. The van der Waals surface area contributed by atoms with E-state index in [1.807, 2.05) is 0 Å². The maximum absolute atomic E-state index is 4.85. The largest absolute Gasteiger partial charge is 0.364 e. The molecule has 0 spiro atoms. The standard InChI is InChI=1S/C21H29N5/c1-4-22-21(25(3)17-20-11-8-12-24(20)2)23-16-18-9-7-10-19(15-18)26-13-5-6-14-26/h5-12,15H,4,13-14,16-17H2,1-3H3,(H,22,23). The van der Waals surface area contributed by atoms with Crippen molar-refractivity contribution in [3.63, 3.8) is 0 Å². The molecule has 0 unspecified atom stereocenters. The minimum absolute atomic E-state index is 0.676. The van der Waals surface area contributed by atoms with Crippen LogP contribution in [0.25, 0.3) is 0 Å². The summed E-state index contributed by atoms with van der Waals surface area (Å²) >= 11 is 0. The lowest BCUT2D eigenvalue weighted by Gasteiger charge is -2.22. The molecule has 0 fully saturated rings. The van der Waals surface area contributed by atoms with Gasteiger partial charge in [-0.1, -0.05) is 24.3 Å². The fraction of sp³-hybridized carbons (Fsp3) is 0.381. The summed E-state index contributed by atoms with van der Waals surface area (Å²) in [5, 5.41) is 3.40. The lowest BCUT2D eigenvalue weighted by atomic mass is 10.2. The molecule has 2 aromatic rings. The van der Waals surface area contributed by atoms with Gasteiger partial charge in [-0.15, -0.1) is 0 Å². The van der Waals surface area contributed by atoms with E-state index in [9.17, 15) is 0 Å². The number of benzene rings is 1. The number of aliphatic imine (C=N–C) groups is 1. The minimum Gasteiger partial charge on any atom is -0.364 e. The van der Waals surface area contributed by atoms with Crippen molar-refractivity contribution in [1.29, 1.82) is 0 Å². The normalized spacial score (nSPS) is 14.1. The van der Waals surface area contributed by atoms with E-state index >= 15 is 0 Å². The molecular weight excluding hydrogens is 322 g/mol. The van der Waals surface area contributed by atoms with Crippen molar-refractivity contribution in [2.75, 3.05) is 31.6 Å². The summed E-state index contributed by atoms with van der Waals surface area (Å²) in [5.74, 6) is 0.932. The van der Waals surface area contributed by atoms with Crippen LogP contribution in [0.3, 0.4) is 0 Å². The molecule has 0 saturated carbocycles. The molecule has 0 amide bonds. The molecule has 1 N–H and O–H groups in total. The van der Waals surface area contributed by atoms with Gasteiger partial charge in [-0.2, -0.15) is 0 Å². The Hall–Kier alpha value is -2.69. The molecule has 2 heterocycles. The van der Waals surface area contributed by atoms with Crippen LogP contribution < -0.4 is 10.2 Å². The quantitative estimate of drug-likeness (QED) is 0.494. The van der Waals surface area contributed by atoms with Crippen LogP contribution in [0.15, 0.2) is 59.7 Å². The molecule has 1 aliphatic heterocycles. The highest BCUT2D eigenvalue weighted by Gasteiger charge is 2.10. The first kappa shape index (κ1) is 18.1. The van der Waals surface area contributed by atoms with E-state index in [1.54, 1.807) is 0 Å². The predicted molar refractivity (Wildman–Crippen MR) is 109 cm³/mol. The van der Waals surface area contributed by atoms with Gasteiger partial charge in [-0.25, -0.2) is 4.99 Å². The molecule has 1 aromatic heterocycles. The zero-order valence-corrected chi connectivity index (χ0v) is 16.0. The highest BCUT2D eigenvalue weighted by molar-refractivity contribution is 5.79. The zero-order valence-electron chi connectivity index (χ0n) is 16.0. The average molecular weight is 351 g/mol. The van der Waals surface area contributed by atoms with Crippen LogP contribution in [0.1, 0.15) is 18.2 Å². The van der Waals surface area contributed by atoms with E-state index in [1.165, 1.54) is 16.9 Å². The molecule has 0 bridgehead atoms. The van der Waals surface area contributed by atoms with Crippen LogP contribution in [0.4, 0.5) is 5.69 Å². The van der Waals surface area contributed by atoms with Crippen LogP contribution in [0.2, 0.25) is 0 Å². The molecule has 1 aromatic carbocycles. The van der Waals surface area contributed by atoms with Gasteiger partial charge in [0, 0.05) is 51.3 Å². The monoisotopic (exact) mass is 351 g/mol. The maximum atomic E-state index is 4.85. The zero-order chi connectivity index (χ0) is 18.4. The number of nitrogens with zero attached hydrogens (tertiary/aromatic N) is 4. The predicted octanol–water partition coefficient (Wildman–Crippen LogP) is 3.00. The summed E-state index contributed by atoms with van der Waals surface area (Å²) < 4.78 is 2.15. The van der Waals surface area contributed by atoms with Crippen molar-refractivity contribution in [2.24, 2.45) is 12.0 Å². The van der Waals surface area contributed by atoms with E-state index in [0.717, 1.165) is 32.1 Å². The number of hydrogen-bond acceptors (Lipinski definition) is 2. The Morgan fingerprint density at radius 3 is 2.69 bits per heavy atom. The van der Waals surface area contributed by atoms with Gasteiger partial charge in [-0.05, 0) is 36.8 Å². The summed E-state index contributed by atoms with van der Waals surface area (Å²) in [6, 6.07) is 12.9. The first-order chi connectivity index (χ1) is 12.7. The summed E-state index contributed by atoms with van der Waals surface area (Å²) in [6.45, 7) is 6.45. The van der Waals surface area contributed by atoms with E-state index in [4.69, 9.17) is 4.99 Å². The van der Waals surface area contributed by atoms with Gasteiger partial charge in [0.15, 0.2) is 5.96 Å². The minimum atomic E-state index is 0.676. The molecule has 0 atom stereocenters. The second-order valence-corrected chi connectivity index (χ2v) is 6.68. The summed E-state index contributed by atoms with van der Waals surface area (Å²) in [4.78, 5) is 9.38. The number of nitrogens with one attached hydrogen (secondary N) is 1. The molecule has 1 aliphatic rings. The number of aryl methyl sites for hydroxylation is 1. The Labute approximate surface area is 156 Å². The smallest absolute Gasteiger partial charge is 0.194 e. The molecular formula is C21H29N5. The Balaban J connectivity index is 1.68. The molecule has 0 saturated heterocycles. The van der Waals surface area contributed by atoms with Crippen molar-refractivity contribution in [3.8, 4) is 0 Å². The van der Waals surface area contributed by atoms with E-state index < -0.39 is 0 Å². The number of guanidine groups is 1. The number of anilines is 1. The number of hydrogen-bond donors (Lipinski definition) is 1. The van der Waals surface area contributed by atoms with E-state index in [-0.39, 0.29) is 0 Å². The molecule has 3 rings (SSSR count). The van der Waals surface area contributed by atoms with Gasteiger partial charge >= 0.3 is 0 Å². The Morgan fingerprint density at radius 2 is 2.00 bits per heavy atom. The summed E-state index contributed by atoms with van der Waals surface area (Å²) in [5.41, 5.74) is 3.77. The highest BCUT2D eigenvalue weighted by atomic mass is 15.3. The topological polar surface area (TPSA) is 35.8 Å². The third-order valence-corrected chi connectivity index (χ3v) is 4.65. The summed E-state index contributed by atoms with van der Waals surface area (Å²) in [7, 11) is 4.16. The van der Waals surface area contributed by atoms with Crippen molar-refractivity contribution < 1.29 is 0 Å². The van der Waals surface area contributed by atoms with Crippen molar-refractivity contribution >= 4 is 11.6 Å². The Kier molecular flexibility index (Phi) is 6.00. The van der Waals surface area contributed by atoms with Gasteiger partial charge in [0.2, 0.25) is 0 Å². The number of aromatic nitrogens is 1. The van der Waals surface area contributed by atoms with Crippen molar-refractivity contribution in [3.05, 3.63) is 66.0 Å². The van der Waals surface area contributed by atoms with Gasteiger partial charge in [-0.3, -0.25) is 0 Å². The second kappa shape index (κ2) is 8.61. The third-order valence-electron chi connectivity index (χ3n) is 4.65. The van der Waals surface area contributed by atoms with Gasteiger partial charge in [0.1, 0.15) is 0 Å². The van der Waals surface area contributed by atoms with Crippen LogP contribution in [-0.2, 0) is 20.1 Å². The molecule has 0 aliphatic carbocycles. The van der Waals surface area contributed by atoms with Crippen LogP contribution in [0.5, 0.6) is 0 Å². The molecule has 5 nitrogen and oxygen atoms in total.